The maximum absolute atomic E-state index is 6.12. The largest absolute Gasteiger partial charge is 0.493 e. The van der Waals surface area contributed by atoms with Gasteiger partial charge in [0.25, 0.3) is 0 Å². The van der Waals surface area contributed by atoms with E-state index >= 15 is 0 Å². The molecule has 0 N–H and O–H groups in total. The molecule has 0 bridgehead atoms. The fraction of sp³-hybridized carbons (Fsp3) is 0.750. The van der Waals surface area contributed by atoms with Gasteiger partial charge in [-0.1, -0.05) is 64.2 Å². The summed E-state index contributed by atoms with van der Waals surface area (Å²) >= 11 is 0. The van der Waals surface area contributed by atoms with Gasteiger partial charge in [0.2, 0.25) is 0 Å². The van der Waals surface area contributed by atoms with Gasteiger partial charge in [-0.15, -0.1) is 0 Å². The van der Waals surface area contributed by atoms with Crippen molar-refractivity contribution in [1.82, 2.24) is 0 Å². The third-order valence-electron chi connectivity index (χ3n) is 6.49. The first-order chi connectivity index (χ1) is 12.7. The van der Waals surface area contributed by atoms with E-state index in [2.05, 4.69) is 26.0 Å². The summed E-state index contributed by atoms with van der Waals surface area (Å²) in [6.45, 7) is 5.99. The number of hydrogen-bond donors (Lipinski definition) is 0. The Morgan fingerprint density at radius 2 is 1.04 bits per heavy atom. The molecule has 0 aliphatic heterocycles. The van der Waals surface area contributed by atoms with Gasteiger partial charge in [0.05, 0.1) is 13.2 Å². The number of benzene rings is 1. The molecule has 0 saturated heterocycles. The lowest BCUT2D eigenvalue weighted by atomic mass is 9.87. The van der Waals surface area contributed by atoms with E-state index in [0.29, 0.717) is 0 Å². The van der Waals surface area contributed by atoms with E-state index in [0.717, 1.165) is 36.5 Å². The highest BCUT2D eigenvalue weighted by atomic mass is 16.5. The Morgan fingerprint density at radius 3 is 1.42 bits per heavy atom. The maximum atomic E-state index is 6.12. The molecule has 0 atom stereocenters. The van der Waals surface area contributed by atoms with Crippen LogP contribution in [0.3, 0.4) is 0 Å². The molecular formula is C24H38O2. The van der Waals surface area contributed by atoms with Gasteiger partial charge in [0, 0.05) is 0 Å². The van der Waals surface area contributed by atoms with Crippen LogP contribution in [0.1, 0.15) is 88.2 Å². The molecule has 2 heteroatoms. The quantitative estimate of drug-likeness (QED) is 0.498. The second-order valence-corrected chi connectivity index (χ2v) is 8.67. The molecule has 3 rings (SSSR count). The molecule has 2 nitrogen and oxygen atoms in total. The summed E-state index contributed by atoms with van der Waals surface area (Å²) < 4.78 is 12.2. The molecular weight excluding hydrogens is 320 g/mol. The van der Waals surface area contributed by atoms with Gasteiger partial charge in [-0.3, -0.25) is 0 Å². The van der Waals surface area contributed by atoms with Gasteiger partial charge in [-0.05, 0) is 61.8 Å². The molecule has 0 amide bonds. The number of hydrogen-bond acceptors (Lipinski definition) is 2. The molecule has 2 aliphatic rings. The zero-order valence-electron chi connectivity index (χ0n) is 17.0. The summed E-state index contributed by atoms with van der Waals surface area (Å²) in [5.41, 5.74) is 2.40. The van der Waals surface area contributed by atoms with Crippen LogP contribution in [0.25, 0.3) is 0 Å². The lowest BCUT2D eigenvalue weighted by Gasteiger charge is -2.22. The van der Waals surface area contributed by atoms with Crippen molar-refractivity contribution in [2.75, 3.05) is 13.2 Å². The van der Waals surface area contributed by atoms with E-state index in [1.165, 1.54) is 88.2 Å². The normalized spacial score (nSPS) is 19.5. The zero-order valence-corrected chi connectivity index (χ0v) is 17.0. The Morgan fingerprint density at radius 1 is 0.654 bits per heavy atom. The van der Waals surface area contributed by atoms with Crippen LogP contribution >= 0.6 is 0 Å². The maximum Gasteiger partial charge on any atom is 0.122 e. The molecule has 146 valence electrons. The molecule has 26 heavy (non-hydrogen) atoms. The summed E-state index contributed by atoms with van der Waals surface area (Å²) in [7, 11) is 0. The summed E-state index contributed by atoms with van der Waals surface area (Å²) in [5.74, 6) is 3.84. The minimum absolute atomic E-state index is 0.854. The minimum atomic E-state index is 0.854. The van der Waals surface area contributed by atoms with Crippen molar-refractivity contribution in [1.29, 1.82) is 0 Å². The van der Waals surface area contributed by atoms with E-state index < -0.39 is 0 Å². The summed E-state index contributed by atoms with van der Waals surface area (Å²) in [4.78, 5) is 0. The lowest BCUT2D eigenvalue weighted by Crippen LogP contribution is -2.12. The lowest BCUT2D eigenvalue weighted by molar-refractivity contribution is 0.240. The van der Waals surface area contributed by atoms with Gasteiger partial charge >= 0.3 is 0 Å². The fourth-order valence-electron chi connectivity index (χ4n) is 4.70. The van der Waals surface area contributed by atoms with Crippen molar-refractivity contribution in [3.8, 4) is 11.5 Å². The Kier molecular flexibility index (Phi) is 7.70. The zero-order chi connectivity index (χ0) is 18.2. The minimum Gasteiger partial charge on any atom is -0.493 e. The summed E-state index contributed by atoms with van der Waals surface area (Å²) in [6, 6.07) is 4.35. The Labute approximate surface area is 160 Å². The molecule has 0 heterocycles. The SMILES string of the molecule is Cc1cc(OCCC2CCCCC2)c(C)cc1OCCC1CCCCC1. The molecule has 2 saturated carbocycles. The molecule has 0 spiro atoms. The predicted octanol–water partition coefficient (Wildman–Crippen LogP) is 7.00. The van der Waals surface area contributed by atoms with Crippen molar-refractivity contribution in [3.05, 3.63) is 23.3 Å². The van der Waals surface area contributed by atoms with Crippen LogP contribution in [-0.4, -0.2) is 13.2 Å². The van der Waals surface area contributed by atoms with Gasteiger partial charge in [0.15, 0.2) is 0 Å². The number of aryl methyl sites for hydroxylation is 2. The standard InChI is InChI=1S/C24H38O2/c1-19-17-24(26-16-14-22-11-7-4-8-12-22)20(2)18-23(19)25-15-13-21-9-5-3-6-10-21/h17-18,21-22H,3-16H2,1-2H3. The first-order valence-electron chi connectivity index (χ1n) is 11.1. The fourth-order valence-corrected chi connectivity index (χ4v) is 4.70. The van der Waals surface area contributed by atoms with Crippen molar-refractivity contribution >= 4 is 0 Å². The van der Waals surface area contributed by atoms with E-state index in [4.69, 9.17) is 9.47 Å². The monoisotopic (exact) mass is 358 g/mol. The van der Waals surface area contributed by atoms with Crippen LogP contribution in [0.2, 0.25) is 0 Å². The molecule has 1 aromatic rings. The van der Waals surface area contributed by atoms with E-state index in [-0.39, 0.29) is 0 Å². The molecule has 2 aliphatic carbocycles. The van der Waals surface area contributed by atoms with Gasteiger partial charge < -0.3 is 9.47 Å². The van der Waals surface area contributed by atoms with Gasteiger partial charge in [-0.25, -0.2) is 0 Å². The second kappa shape index (κ2) is 10.2. The van der Waals surface area contributed by atoms with Gasteiger partial charge in [0.1, 0.15) is 11.5 Å². The van der Waals surface area contributed by atoms with Crippen molar-refractivity contribution < 1.29 is 9.47 Å². The van der Waals surface area contributed by atoms with Crippen LogP contribution in [0.4, 0.5) is 0 Å². The van der Waals surface area contributed by atoms with Crippen molar-refractivity contribution in [3.63, 3.8) is 0 Å². The molecule has 0 unspecified atom stereocenters. The summed E-state index contributed by atoms with van der Waals surface area (Å²) in [5, 5.41) is 0. The summed E-state index contributed by atoms with van der Waals surface area (Å²) in [6.07, 6.45) is 16.5. The van der Waals surface area contributed by atoms with Crippen LogP contribution in [0, 0.1) is 25.7 Å². The molecule has 1 aromatic carbocycles. The number of rotatable bonds is 8. The Balaban J connectivity index is 1.44. The highest BCUT2D eigenvalue weighted by molar-refractivity contribution is 5.45. The van der Waals surface area contributed by atoms with E-state index in [9.17, 15) is 0 Å². The van der Waals surface area contributed by atoms with Crippen LogP contribution < -0.4 is 9.47 Å². The highest BCUT2D eigenvalue weighted by Crippen LogP contribution is 2.31. The Hall–Kier alpha value is -1.18. The van der Waals surface area contributed by atoms with Crippen molar-refractivity contribution in [2.24, 2.45) is 11.8 Å². The van der Waals surface area contributed by atoms with Crippen LogP contribution in [0.15, 0.2) is 12.1 Å². The smallest absolute Gasteiger partial charge is 0.122 e. The third-order valence-corrected chi connectivity index (χ3v) is 6.49. The van der Waals surface area contributed by atoms with E-state index in [1.807, 2.05) is 0 Å². The average molecular weight is 359 g/mol. The van der Waals surface area contributed by atoms with Crippen LogP contribution in [0.5, 0.6) is 11.5 Å². The average Bonchev–Trinajstić information content (AvgIpc) is 2.67. The number of ether oxygens (including phenoxy) is 2. The van der Waals surface area contributed by atoms with Crippen molar-refractivity contribution in [2.45, 2.75) is 90.9 Å². The topological polar surface area (TPSA) is 18.5 Å². The van der Waals surface area contributed by atoms with Gasteiger partial charge in [-0.2, -0.15) is 0 Å². The molecule has 0 aromatic heterocycles. The highest BCUT2D eigenvalue weighted by Gasteiger charge is 2.15. The first-order valence-corrected chi connectivity index (χ1v) is 11.1. The third kappa shape index (κ3) is 5.93. The van der Waals surface area contributed by atoms with Crippen LogP contribution in [-0.2, 0) is 0 Å². The predicted molar refractivity (Wildman–Crippen MR) is 109 cm³/mol. The second-order valence-electron chi connectivity index (χ2n) is 8.67. The molecule has 2 fully saturated rings. The first kappa shape index (κ1) is 19.6. The van der Waals surface area contributed by atoms with E-state index in [1.54, 1.807) is 0 Å². The molecule has 0 radical (unpaired) electrons. The Bertz CT molecular complexity index is 490.